The highest BCUT2D eigenvalue weighted by atomic mass is 16.5. The molecule has 0 saturated heterocycles. The summed E-state index contributed by atoms with van der Waals surface area (Å²) in [5, 5.41) is 11.5. The number of aliphatic hydroxyl groups excluding tert-OH is 1. The second-order valence-corrected chi connectivity index (χ2v) is 9.08. The lowest BCUT2D eigenvalue weighted by Crippen LogP contribution is -2.52. The Hall–Kier alpha value is -4.01. The first kappa shape index (κ1) is 28.6. The molecule has 0 aliphatic carbocycles. The van der Waals surface area contributed by atoms with Crippen LogP contribution in [0.25, 0.3) is 11.1 Å². The molecule has 3 rings (SSSR count). The number of ether oxygens (including phenoxy) is 1. The van der Waals surface area contributed by atoms with E-state index in [1.165, 1.54) is 19.7 Å². The Labute approximate surface area is 223 Å². The van der Waals surface area contributed by atoms with Gasteiger partial charge in [-0.3, -0.25) is 14.4 Å². The average molecular weight is 518 g/mol. The third-order valence-corrected chi connectivity index (χ3v) is 6.23. The quantitative estimate of drug-likeness (QED) is 0.267. The summed E-state index contributed by atoms with van der Waals surface area (Å²) in [5.41, 5.74) is 3.49. The van der Waals surface area contributed by atoms with Gasteiger partial charge in [0.25, 0.3) is 5.91 Å². The van der Waals surface area contributed by atoms with Crippen LogP contribution in [0.4, 0.5) is 0 Å². The Morgan fingerprint density at radius 1 is 0.895 bits per heavy atom. The van der Waals surface area contributed by atoms with Gasteiger partial charge >= 0.3 is 0 Å². The topological polar surface area (TPSA) is 99.2 Å². The number of benzene rings is 3. The fraction of sp³-hybridized carbons (Fsp3) is 0.300. The zero-order valence-electron chi connectivity index (χ0n) is 22.1. The highest BCUT2D eigenvalue weighted by molar-refractivity contribution is 6.10. The molecule has 0 bridgehead atoms. The van der Waals surface area contributed by atoms with Crippen LogP contribution in [-0.4, -0.2) is 79.4 Å². The highest BCUT2D eigenvalue weighted by Crippen LogP contribution is 2.23. The number of nitrogens with one attached hydrogen (secondary N) is 1. The molecule has 3 aromatic carbocycles. The SMILES string of the molecule is CNC(=O)C(C(=O)CO)N(C)C(=O)c1ccc(-c2ccc(OCCCN(C)Cc3ccccc3)cc2)cc1. The van der Waals surface area contributed by atoms with E-state index in [1.54, 1.807) is 12.1 Å². The molecule has 1 atom stereocenters. The number of hydrogen-bond donors (Lipinski definition) is 2. The molecule has 0 heterocycles. The largest absolute Gasteiger partial charge is 0.494 e. The lowest BCUT2D eigenvalue weighted by atomic mass is 10.0. The fourth-order valence-electron chi connectivity index (χ4n) is 4.13. The van der Waals surface area contributed by atoms with Crippen LogP contribution >= 0.6 is 0 Å². The number of carbonyl (C=O) groups excluding carboxylic acids is 3. The minimum atomic E-state index is -1.39. The highest BCUT2D eigenvalue weighted by Gasteiger charge is 2.32. The number of likely N-dealkylation sites (N-methyl/N-ethyl adjacent to an activating group) is 2. The van der Waals surface area contributed by atoms with E-state index >= 15 is 0 Å². The molecule has 2 amide bonds. The summed E-state index contributed by atoms with van der Waals surface area (Å²) in [6.07, 6.45) is 0.916. The molecule has 0 radical (unpaired) electrons. The van der Waals surface area contributed by atoms with Crippen LogP contribution < -0.4 is 10.1 Å². The molecular weight excluding hydrogens is 482 g/mol. The molecule has 0 spiro atoms. The summed E-state index contributed by atoms with van der Waals surface area (Å²) >= 11 is 0. The van der Waals surface area contributed by atoms with Crippen LogP contribution in [0.15, 0.2) is 78.9 Å². The first-order chi connectivity index (χ1) is 18.3. The summed E-state index contributed by atoms with van der Waals surface area (Å²) < 4.78 is 5.90. The normalized spacial score (nSPS) is 11.6. The van der Waals surface area contributed by atoms with E-state index in [0.29, 0.717) is 12.2 Å². The van der Waals surface area contributed by atoms with E-state index in [-0.39, 0.29) is 0 Å². The monoisotopic (exact) mass is 517 g/mol. The van der Waals surface area contributed by atoms with E-state index in [2.05, 4.69) is 41.5 Å². The van der Waals surface area contributed by atoms with Crippen molar-refractivity contribution in [1.29, 1.82) is 0 Å². The fourth-order valence-corrected chi connectivity index (χ4v) is 4.13. The summed E-state index contributed by atoms with van der Waals surface area (Å²) in [5.74, 6) is -1.11. The number of amides is 2. The van der Waals surface area contributed by atoms with Gasteiger partial charge in [-0.05, 0) is 54.4 Å². The van der Waals surface area contributed by atoms with Crippen molar-refractivity contribution in [3.8, 4) is 16.9 Å². The van der Waals surface area contributed by atoms with Gasteiger partial charge in [0.1, 0.15) is 12.4 Å². The van der Waals surface area contributed by atoms with Crippen LogP contribution in [0.1, 0.15) is 22.3 Å². The van der Waals surface area contributed by atoms with Crippen molar-refractivity contribution in [2.45, 2.75) is 19.0 Å². The van der Waals surface area contributed by atoms with Gasteiger partial charge < -0.3 is 25.0 Å². The molecule has 3 aromatic rings. The molecule has 8 heteroatoms. The second kappa shape index (κ2) is 14.1. The zero-order chi connectivity index (χ0) is 27.5. The van der Waals surface area contributed by atoms with Crippen molar-refractivity contribution in [1.82, 2.24) is 15.1 Å². The van der Waals surface area contributed by atoms with Crippen LogP contribution in [0.5, 0.6) is 5.75 Å². The molecule has 38 heavy (non-hydrogen) atoms. The lowest BCUT2D eigenvalue weighted by Gasteiger charge is -2.25. The smallest absolute Gasteiger partial charge is 0.254 e. The van der Waals surface area contributed by atoms with Crippen molar-refractivity contribution in [3.63, 3.8) is 0 Å². The van der Waals surface area contributed by atoms with Gasteiger partial charge in [0.2, 0.25) is 5.91 Å². The average Bonchev–Trinajstić information content (AvgIpc) is 2.95. The lowest BCUT2D eigenvalue weighted by molar-refractivity contribution is -0.135. The third kappa shape index (κ3) is 7.74. The standard InChI is InChI=1S/C30H35N3O5/c1-31-29(36)28(27(35)21-34)33(3)30(37)25-12-10-23(11-13-25)24-14-16-26(17-15-24)38-19-7-18-32(2)20-22-8-5-4-6-9-22/h4-6,8-17,28,34H,7,18-21H2,1-3H3,(H,31,36). The Bertz CT molecular complexity index is 1180. The van der Waals surface area contributed by atoms with Crippen molar-refractivity contribution < 1.29 is 24.2 Å². The summed E-state index contributed by atoms with van der Waals surface area (Å²) in [4.78, 5) is 40.3. The van der Waals surface area contributed by atoms with Gasteiger partial charge in [0.15, 0.2) is 11.8 Å². The Balaban J connectivity index is 1.52. The molecule has 200 valence electrons. The number of ketones is 1. The predicted octanol–water partition coefficient (Wildman–Crippen LogP) is 3.00. The van der Waals surface area contributed by atoms with Gasteiger partial charge in [-0.15, -0.1) is 0 Å². The summed E-state index contributed by atoms with van der Waals surface area (Å²) in [7, 11) is 4.84. The van der Waals surface area contributed by atoms with Crippen LogP contribution in [-0.2, 0) is 16.1 Å². The van der Waals surface area contributed by atoms with Gasteiger partial charge in [-0.1, -0.05) is 54.6 Å². The van der Waals surface area contributed by atoms with Crippen LogP contribution in [0.2, 0.25) is 0 Å². The zero-order valence-corrected chi connectivity index (χ0v) is 22.1. The molecule has 0 aromatic heterocycles. The van der Waals surface area contributed by atoms with Gasteiger partial charge in [-0.2, -0.15) is 0 Å². The van der Waals surface area contributed by atoms with Crippen LogP contribution in [0, 0.1) is 0 Å². The Morgan fingerprint density at radius 3 is 2.08 bits per heavy atom. The van der Waals surface area contributed by atoms with Crippen molar-refractivity contribution >= 4 is 17.6 Å². The third-order valence-electron chi connectivity index (χ3n) is 6.23. The van der Waals surface area contributed by atoms with Crippen molar-refractivity contribution in [2.75, 3.05) is 40.9 Å². The first-order valence-corrected chi connectivity index (χ1v) is 12.5. The minimum absolute atomic E-state index is 0.327. The van der Waals surface area contributed by atoms with Crippen molar-refractivity contribution in [2.24, 2.45) is 0 Å². The second-order valence-electron chi connectivity index (χ2n) is 9.08. The Morgan fingerprint density at radius 2 is 1.50 bits per heavy atom. The predicted molar refractivity (Wildman–Crippen MR) is 147 cm³/mol. The number of Topliss-reactive ketones (excluding diaryl/α,β-unsaturated/α-hetero) is 1. The first-order valence-electron chi connectivity index (χ1n) is 12.5. The summed E-state index contributed by atoms with van der Waals surface area (Å²) in [6.45, 7) is 1.63. The van der Waals surface area contributed by atoms with E-state index in [1.807, 2.05) is 42.5 Å². The molecule has 0 aliphatic rings. The van der Waals surface area contributed by atoms with E-state index < -0.39 is 30.2 Å². The summed E-state index contributed by atoms with van der Waals surface area (Å²) in [6, 6.07) is 23.7. The molecule has 0 aliphatic heterocycles. The number of carbonyl (C=O) groups is 3. The van der Waals surface area contributed by atoms with Gasteiger partial charge in [0.05, 0.1) is 6.61 Å². The number of aliphatic hydroxyl groups is 1. The van der Waals surface area contributed by atoms with E-state index in [9.17, 15) is 19.5 Å². The van der Waals surface area contributed by atoms with Crippen LogP contribution in [0.3, 0.4) is 0 Å². The van der Waals surface area contributed by atoms with Gasteiger partial charge in [0, 0.05) is 32.7 Å². The molecular formula is C30H35N3O5. The Kier molecular flexibility index (Phi) is 10.6. The number of nitrogens with zero attached hydrogens (tertiary/aromatic N) is 2. The molecule has 1 unspecified atom stereocenters. The van der Waals surface area contributed by atoms with E-state index in [0.717, 1.165) is 41.3 Å². The maximum atomic E-state index is 12.9. The van der Waals surface area contributed by atoms with Crippen molar-refractivity contribution in [3.05, 3.63) is 90.0 Å². The minimum Gasteiger partial charge on any atom is -0.494 e. The molecule has 0 fully saturated rings. The molecule has 0 saturated carbocycles. The number of rotatable bonds is 13. The van der Waals surface area contributed by atoms with E-state index in [4.69, 9.17) is 4.74 Å². The van der Waals surface area contributed by atoms with Gasteiger partial charge in [-0.25, -0.2) is 0 Å². The maximum Gasteiger partial charge on any atom is 0.254 e. The molecule has 2 N–H and O–H groups in total. The maximum absolute atomic E-state index is 12.9. The molecule has 8 nitrogen and oxygen atoms in total. The number of hydrogen-bond acceptors (Lipinski definition) is 6.